The largest absolute Gasteiger partial charge is 0.341 e. The molecule has 3 saturated carbocycles. The fraction of sp³-hybridized carbons (Fsp3) is 0.917. The van der Waals surface area contributed by atoms with E-state index < -0.39 is 0 Å². The second-order valence-electron chi connectivity index (χ2n) is 5.79. The van der Waals surface area contributed by atoms with Gasteiger partial charge in [-0.2, -0.15) is 0 Å². The first-order valence-corrected chi connectivity index (χ1v) is 6.05. The molecule has 0 aromatic carbocycles. The van der Waals surface area contributed by atoms with Crippen LogP contribution in [0.25, 0.3) is 0 Å². The van der Waals surface area contributed by atoms with Crippen molar-refractivity contribution in [3.05, 3.63) is 0 Å². The van der Waals surface area contributed by atoms with E-state index in [0.717, 1.165) is 23.7 Å². The van der Waals surface area contributed by atoms with Crippen molar-refractivity contribution in [3.8, 4) is 0 Å². The fourth-order valence-corrected chi connectivity index (χ4v) is 5.23. The Kier molecular flexibility index (Phi) is 1.20. The van der Waals surface area contributed by atoms with Gasteiger partial charge in [0, 0.05) is 13.1 Å². The van der Waals surface area contributed by atoms with Crippen LogP contribution in [0.3, 0.4) is 0 Å². The number of hydrogen-bond donors (Lipinski definition) is 0. The maximum Gasteiger partial charge on any atom is 0.228 e. The monoisotopic (exact) mass is 191 g/mol. The van der Waals surface area contributed by atoms with Crippen molar-refractivity contribution in [2.45, 2.75) is 31.7 Å². The van der Waals surface area contributed by atoms with Gasteiger partial charge in [0.15, 0.2) is 0 Å². The number of likely N-dealkylation sites (tertiary alicyclic amines) is 1. The van der Waals surface area contributed by atoms with Crippen molar-refractivity contribution in [3.63, 3.8) is 0 Å². The quantitative estimate of drug-likeness (QED) is 0.531. The predicted molar refractivity (Wildman–Crippen MR) is 52.5 cm³/mol. The van der Waals surface area contributed by atoms with Crippen molar-refractivity contribution in [2.75, 3.05) is 7.05 Å². The summed E-state index contributed by atoms with van der Waals surface area (Å²) in [4.78, 5) is 13.8. The summed E-state index contributed by atoms with van der Waals surface area (Å²) >= 11 is 0. The highest BCUT2D eigenvalue weighted by Gasteiger charge is 2.67. The number of carbonyl (C=O) groups excluding carboxylic acids is 1. The van der Waals surface area contributed by atoms with Gasteiger partial charge in [0.05, 0.1) is 5.92 Å². The summed E-state index contributed by atoms with van der Waals surface area (Å²) in [7, 11) is 2.01. The Labute approximate surface area is 84.7 Å². The van der Waals surface area contributed by atoms with Gasteiger partial charge in [-0.15, -0.1) is 0 Å². The Morgan fingerprint density at radius 3 is 2.64 bits per heavy atom. The van der Waals surface area contributed by atoms with E-state index in [1.54, 1.807) is 0 Å². The number of carbonyl (C=O) groups is 1. The van der Waals surface area contributed by atoms with Crippen LogP contribution in [0.5, 0.6) is 0 Å². The van der Waals surface area contributed by atoms with Gasteiger partial charge in [-0.25, -0.2) is 0 Å². The lowest BCUT2D eigenvalue weighted by Gasteiger charge is -2.51. The Balaban J connectivity index is 1.73. The molecule has 6 unspecified atom stereocenters. The van der Waals surface area contributed by atoms with Crippen LogP contribution in [0, 0.1) is 29.6 Å². The smallest absolute Gasteiger partial charge is 0.228 e. The van der Waals surface area contributed by atoms with Crippen molar-refractivity contribution < 1.29 is 4.79 Å². The minimum absolute atomic E-state index is 0.452. The summed E-state index contributed by atoms with van der Waals surface area (Å²) in [5.41, 5.74) is 0. The average molecular weight is 191 g/mol. The number of nitrogens with zero attached hydrogens (tertiary/aromatic N) is 1. The van der Waals surface area contributed by atoms with Crippen LogP contribution < -0.4 is 0 Å². The van der Waals surface area contributed by atoms with E-state index in [2.05, 4.69) is 0 Å². The summed E-state index contributed by atoms with van der Waals surface area (Å²) < 4.78 is 0. The highest BCUT2D eigenvalue weighted by Crippen LogP contribution is 2.65. The third-order valence-corrected chi connectivity index (χ3v) is 5.62. The van der Waals surface area contributed by atoms with E-state index in [0.29, 0.717) is 17.9 Å². The Hall–Kier alpha value is -0.530. The molecule has 2 nitrogen and oxygen atoms in total. The third-order valence-electron chi connectivity index (χ3n) is 5.62. The number of rotatable bonds is 0. The number of fused-ring (bicyclic) bond motifs is 8. The van der Waals surface area contributed by atoms with Crippen molar-refractivity contribution in [2.24, 2.45) is 29.6 Å². The molecular formula is C12H17NO. The first kappa shape index (κ1) is 7.72. The van der Waals surface area contributed by atoms with Gasteiger partial charge in [0.25, 0.3) is 0 Å². The van der Waals surface area contributed by atoms with Crippen LogP contribution >= 0.6 is 0 Å². The van der Waals surface area contributed by atoms with Gasteiger partial charge in [-0.05, 0) is 42.9 Å². The lowest BCUT2D eigenvalue weighted by atomic mass is 9.68. The highest BCUT2D eigenvalue weighted by molar-refractivity contribution is 5.87. The number of hydrogen-bond acceptors (Lipinski definition) is 1. The summed E-state index contributed by atoms with van der Waals surface area (Å²) in [6, 6.07) is 0.659. The van der Waals surface area contributed by atoms with Gasteiger partial charge < -0.3 is 4.90 Å². The molecule has 1 aliphatic heterocycles. The van der Waals surface area contributed by atoms with E-state index in [4.69, 9.17) is 0 Å². The molecule has 1 heterocycles. The fourth-order valence-electron chi connectivity index (χ4n) is 5.23. The summed E-state index contributed by atoms with van der Waals surface area (Å²) in [5.74, 6) is 4.54. The molecule has 76 valence electrons. The van der Waals surface area contributed by atoms with Crippen LogP contribution in [0.4, 0.5) is 0 Å². The summed E-state index contributed by atoms with van der Waals surface area (Å²) in [6.45, 7) is 0. The van der Waals surface area contributed by atoms with Crippen LogP contribution in [-0.4, -0.2) is 23.9 Å². The molecule has 2 heteroatoms. The Morgan fingerprint density at radius 2 is 1.86 bits per heavy atom. The van der Waals surface area contributed by atoms with Gasteiger partial charge in [0.2, 0.25) is 5.91 Å². The topological polar surface area (TPSA) is 20.3 Å². The molecule has 1 amide bonds. The minimum atomic E-state index is 0.452. The average Bonchev–Trinajstić information content (AvgIpc) is 2.85. The highest BCUT2D eigenvalue weighted by atomic mass is 16.2. The van der Waals surface area contributed by atoms with E-state index in [-0.39, 0.29) is 0 Å². The zero-order chi connectivity index (χ0) is 9.45. The van der Waals surface area contributed by atoms with E-state index in [9.17, 15) is 4.79 Å². The van der Waals surface area contributed by atoms with Gasteiger partial charge in [-0.3, -0.25) is 4.79 Å². The maximum absolute atomic E-state index is 11.7. The molecule has 14 heavy (non-hydrogen) atoms. The number of amides is 1. The molecule has 0 radical (unpaired) electrons. The molecule has 6 atom stereocenters. The van der Waals surface area contributed by atoms with Crippen LogP contribution in [-0.2, 0) is 4.79 Å². The molecular weight excluding hydrogens is 174 g/mol. The third kappa shape index (κ3) is 0.608. The molecule has 2 bridgehead atoms. The first-order valence-electron chi connectivity index (χ1n) is 6.05. The van der Waals surface area contributed by atoms with Crippen molar-refractivity contribution >= 4 is 5.91 Å². The molecule has 3 aliphatic carbocycles. The van der Waals surface area contributed by atoms with Gasteiger partial charge >= 0.3 is 0 Å². The molecule has 0 aromatic rings. The zero-order valence-corrected chi connectivity index (χ0v) is 8.65. The standard InChI is InChI=1S/C12H17NO/c1-13-11-9-5-8(10(11)12(13)14)6-3-2-4-7(6)9/h6-11H,2-5H2,1H3. The van der Waals surface area contributed by atoms with Crippen molar-refractivity contribution in [1.82, 2.24) is 4.90 Å². The van der Waals surface area contributed by atoms with Gasteiger partial charge in [0.1, 0.15) is 0 Å². The van der Waals surface area contributed by atoms with E-state index in [1.165, 1.54) is 25.7 Å². The van der Waals surface area contributed by atoms with Gasteiger partial charge in [-0.1, -0.05) is 6.42 Å². The second kappa shape index (κ2) is 2.17. The molecule has 4 fully saturated rings. The van der Waals surface area contributed by atoms with Crippen LogP contribution in [0.15, 0.2) is 0 Å². The molecule has 1 saturated heterocycles. The second-order valence-corrected chi connectivity index (χ2v) is 5.79. The predicted octanol–water partition coefficient (Wildman–Crippen LogP) is 1.51. The lowest BCUT2D eigenvalue weighted by Crippen LogP contribution is -2.63. The summed E-state index contributed by atoms with van der Waals surface area (Å²) in [6.07, 6.45) is 5.68. The normalized spacial score (nSPS) is 58.6. The summed E-state index contributed by atoms with van der Waals surface area (Å²) in [5, 5.41) is 0. The molecule has 0 aromatic heterocycles. The lowest BCUT2D eigenvalue weighted by molar-refractivity contribution is -0.161. The van der Waals surface area contributed by atoms with E-state index in [1.807, 2.05) is 11.9 Å². The molecule has 4 aliphatic rings. The number of β-lactam (4-membered cyclic amide) rings is 1. The van der Waals surface area contributed by atoms with E-state index >= 15 is 0 Å². The first-order chi connectivity index (χ1) is 6.79. The Bertz CT molecular complexity index is 313. The Morgan fingerprint density at radius 1 is 1.14 bits per heavy atom. The minimum Gasteiger partial charge on any atom is -0.341 e. The maximum atomic E-state index is 11.7. The van der Waals surface area contributed by atoms with Crippen molar-refractivity contribution in [1.29, 1.82) is 0 Å². The molecule has 0 N–H and O–H groups in total. The molecule has 0 spiro atoms. The van der Waals surface area contributed by atoms with Crippen LogP contribution in [0.1, 0.15) is 25.7 Å². The SMILES string of the molecule is CN1C(=O)C2C3CC(C4CCCC43)C21. The zero-order valence-electron chi connectivity index (χ0n) is 8.65. The van der Waals surface area contributed by atoms with Crippen LogP contribution in [0.2, 0.25) is 0 Å². The molecule has 4 rings (SSSR count).